The number of aryl methyl sites for hydroxylation is 1. The first kappa shape index (κ1) is 15.1. The molecule has 0 unspecified atom stereocenters. The highest BCUT2D eigenvalue weighted by Crippen LogP contribution is 2.23. The molecule has 0 spiro atoms. The molecule has 1 rings (SSSR count). The van der Waals surface area contributed by atoms with Crippen LogP contribution in [0.2, 0.25) is 0 Å². The van der Waals surface area contributed by atoms with Crippen LogP contribution in [-0.4, -0.2) is 22.6 Å². The van der Waals surface area contributed by atoms with Crippen LogP contribution in [-0.2, 0) is 19.1 Å². The van der Waals surface area contributed by atoms with Gasteiger partial charge in [-0.1, -0.05) is 0 Å². The lowest BCUT2D eigenvalue weighted by atomic mass is 10.2. The van der Waals surface area contributed by atoms with E-state index in [-0.39, 0.29) is 16.1 Å². The van der Waals surface area contributed by atoms with Crippen LogP contribution in [0.3, 0.4) is 0 Å². The molecule has 0 atom stereocenters. The van der Waals surface area contributed by atoms with Gasteiger partial charge in [-0.15, -0.1) is 0 Å². The molecule has 102 valence electrons. The topological polar surface area (TPSA) is 80.3 Å². The zero-order valence-corrected chi connectivity index (χ0v) is 11.3. The van der Waals surface area contributed by atoms with Crippen molar-refractivity contribution < 1.29 is 25.6 Å². The summed E-state index contributed by atoms with van der Waals surface area (Å²) in [6, 6.07) is 3.15. The fourth-order valence-electron chi connectivity index (χ4n) is 1.20. The molecule has 18 heavy (non-hydrogen) atoms. The van der Waals surface area contributed by atoms with Gasteiger partial charge in [-0.3, -0.25) is 4.72 Å². The monoisotopic (exact) mass is 319 g/mol. The van der Waals surface area contributed by atoms with Gasteiger partial charge in [0, 0.05) is 16.4 Å². The number of alkyl halides is 2. The van der Waals surface area contributed by atoms with E-state index < -0.39 is 24.8 Å². The number of sulfonamides is 1. The van der Waals surface area contributed by atoms with E-state index in [2.05, 4.69) is 0 Å². The van der Waals surface area contributed by atoms with Crippen molar-refractivity contribution in [3.8, 4) is 0 Å². The third kappa shape index (κ3) is 3.53. The van der Waals surface area contributed by atoms with E-state index in [0.717, 1.165) is 18.2 Å². The molecule has 0 radical (unpaired) electrons. The minimum Gasteiger partial charge on any atom is -0.279 e. The standard InChI is InChI=1S/C8H8ClF2NO4S2/c1-5-4-6(12-18(15,16)8(10)11)2-3-7(5)17(9,13)14/h2-4,8,12H,1H3. The Morgan fingerprint density at radius 1 is 1.22 bits per heavy atom. The number of halogens is 3. The van der Waals surface area contributed by atoms with Gasteiger partial charge >= 0.3 is 5.76 Å². The summed E-state index contributed by atoms with van der Waals surface area (Å²) < 4.78 is 69.7. The smallest absolute Gasteiger partial charge is 0.279 e. The maximum Gasteiger partial charge on any atom is 0.355 e. The van der Waals surface area contributed by atoms with Crippen LogP contribution >= 0.6 is 10.7 Å². The molecule has 0 aliphatic carbocycles. The summed E-state index contributed by atoms with van der Waals surface area (Å²) in [5.74, 6) is -3.57. The zero-order valence-electron chi connectivity index (χ0n) is 8.89. The fourth-order valence-corrected chi connectivity index (χ4v) is 2.93. The van der Waals surface area contributed by atoms with Crippen LogP contribution in [0.15, 0.2) is 23.1 Å². The lowest BCUT2D eigenvalue weighted by Gasteiger charge is -2.09. The number of hydrogen-bond donors (Lipinski definition) is 1. The Morgan fingerprint density at radius 3 is 2.17 bits per heavy atom. The number of anilines is 1. The average molecular weight is 320 g/mol. The van der Waals surface area contributed by atoms with Gasteiger partial charge in [0.1, 0.15) is 0 Å². The molecule has 0 aliphatic rings. The Kier molecular flexibility index (Phi) is 4.19. The van der Waals surface area contributed by atoms with Crippen LogP contribution in [0.1, 0.15) is 5.56 Å². The zero-order chi connectivity index (χ0) is 14.1. The average Bonchev–Trinajstić information content (AvgIpc) is 2.14. The summed E-state index contributed by atoms with van der Waals surface area (Å²) in [6.45, 7) is 1.36. The van der Waals surface area contributed by atoms with Crippen molar-refractivity contribution in [3.63, 3.8) is 0 Å². The van der Waals surface area contributed by atoms with Gasteiger partial charge in [-0.25, -0.2) is 16.8 Å². The van der Waals surface area contributed by atoms with Crippen LogP contribution < -0.4 is 4.72 Å². The maximum atomic E-state index is 12.1. The van der Waals surface area contributed by atoms with E-state index >= 15 is 0 Å². The summed E-state index contributed by atoms with van der Waals surface area (Å²) >= 11 is 0. The molecule has 0 aliphatic heterocycles. The molecule has 0 fully saturated rings. The summed E-state index contributed by atoms with van der Waals surface area (Å²) in [7, 11) is -3.63. The van der Waals surface area contributed by atoms with Crippen LogP contribution in [0.25, 0.3) is 0 Å². The summed E-state index contributed by atoms with van der Waals surface area (Å²) in [4.78, 5) is -0.218. The quantitative estimate of drug-likeness (QED) is 0.859. The first-order chi connectivity index (χ1) is 8.04. The summed E-state index contributed by atoms with van der Waals surface area (Å²) in [5, 5.41) is 0. The molecule has 1 aromatic carbocycles. The van der Waals surface area contributed by atoms with E-state index in [9.17, 15) is 25.6 Å². The van der Waals surface area contributed by atoms with Crippen molar-refractivity contribution in [1.29, 1.82) is 0 Å². The molecule has 0 aromatic heterocycles. The molecule has 1 aromatic rings. The minimum absolute atomic E-state index is 0.138. The second-order valence-corrected chi connectivity index (χ2v) is 7.51. The summed E-state index contributed by atoms with van der Waals surface area (Å²) in [5.41, 5.74) is -0.0312. The molecule has 1 N–H and O–H groups in total. The second-order valence-electron chi connectivity index (χ2n) is 3.33. The van der Waals surface area contributed by atoms with Gasteiger partial charge in [0.15, 0.2) is 0 Å². The van der Waals surface area contributed by atoms with Gasteiger partial charge in [-0.2, -0.15) is 8.78 Å². The number of rotatable bonds is 4. The predicted molar refractivity (Wildman–Crippen MR) is 62.8 cm³/mol. The lowest BCUT2D eigenvalue weighted by molar-refractivity contribution is 0.236. The number of benzene rings is 1. The molecule has 5 nitrogen and oxygen atoms in total. The van der Waals surface area contributed by atoms with E-state index in [1.165, 1.54) is 6.92 Å². The summed E-state index contributed by atoms with van der Waals surface area (Å²) in [6.07, 6.45) is 0. The van der Waals surface area contributed by atoms with E-state index in [1.54, 1.807) is 4.72 Å². The molecule has 0 saturated carbocycles. The minimum atomic E-state index is -4.78. The molecule has 10 heteroatoms. The first-order valence-corrected chi connectivity index (χ1v) is 8.25. The van der Waals surface area contributed by atoms with Crippen molar-refractivity contribution >= 4 is 35.4 Å². The van der Waals surface area contributed by atoms with Crippen LogP contribution in [0, 0.1) is 6.92 Å². The van der Waals surface area contributed by atoms with Crippen LogP contribution in [0.4, 0.5) is 14.5 Å². The van der Waals surface area contributed by atoms with Gasteiger partial charge in [0.25, 0.3) is 19.1 Å². The third-order valence-corrected chi connectivity index (χ3v) is 4.40. The number of nitrogens with one attached hydrogen (secondary N) is 1. The van der Waals surface area contributed by atoms with Crippen molar-refractivity contribution in [1.82, 2.24) is 0 Å². The fraction of sp³-hybridized carbons (Fsp3) is 0.250. The largest absolute Gasteiger partial charge is 0.355 e. The normalized spacial score (nSPS) is 12.7. The molecule has 0 saturated heterocycles. The highest BCUT2D eigenvalue weighted by molar-refractivity contribution is 8.13. The highest BCUT2D eigenvalue weighted by atomic mass is 35.7. The van der Waals surface area contributed by atoms with Crippen molar-refractivity contribution in [2.45, 2.75) is 17.6 Å². The van der Waals surface area contributed by atoms with E-state index in [1.807, 2.05) is 0 Å². The van der Waals surface area contributed by atoms with E-state index in [0.29, 0.717) is 0 Å². The Morgan fingerprint density at radius 2 is 1.78 bits per heavy atom. The van der Waals surface area contributed by atoms with Gasteiger partial charge in [-0.05, 0) is 30.7 Å². The molecular formula is C8H8ClF2NO4S2. The molecule has 0 amide bonds. The Hall–Kier alpha value is -0.930. The van der Waals surface area contributed by atoms with E-state index in [4.69, 9.17) is 10.7 Å². The van der Waals surface area contributed by atoms with Crippen molar-refractivity contribution in [2.24, 2.45) is 0 Å². The molecular weight excluding hydrogens is 312 g/mol. The van der Waals surface area contributed by atoms with Gasteiger partial charge in [0.05, 0.1) is 4.90 Å². The SMILES string of the molecule is Cc1cc(NS(=O)(=O)C(F)F)ccc1S(=O)(=O)Cl. The highest BCUT2D eigenvalue weighted by Gasteiger charge is 2.24. The number of hydrogen-bond acceptors (Lipinski definition) is 4. The van der Waals surface area contributed by atoms with Crippen LogP contribution in [0.5, 0.6) is 0 Å². The van der Waals surface area contributed by atoms with Crippen molar-refractivity contribution in [3.05, 3.63) is 23.8 Å². The third-order valence-electron chi connectivity index (χ3n) is 1.93. The van der Waals surface area contributed by atoms with Gasteiger partial charge in [0.2, 0.25) is 0 Å². The first-order valence-electron chi connectivity index (χ1n) is 4.39. The second kappa shape index (κ2) is 4.98. The lowest BCUT2D eigenvalue weighted by Crippen LogP contribution is -2.20. The Bertz CT molecular complexity index is 658. The van der Waals surface area contributed by atoms with Gasteiger partial charge < -0.3 is 0 Å². The maximum absolute atomic E-state index is 12.1. The van der Waals surface area contributed by atoms with Crippen molar-refractivity contribution in [2.75, 3.05) is 4.72 Å². The predicted octanol–water partition coefficient (Wildman–Crippen LogP) is 1.89. The molecule has 0 bridgehead atoms. The Labute approximate surface area is 107 Å². The Balaban J connectivity index is 3.15. The molecule has 0 heterocycles.